The highest BCUT2D eigenvalue weighted by Crippen LogP contribution is 2.04. The van der Waals surface area contributed by atoms with Gasteiger partial charge in [0, 0.05) is 32.7 Å². The molecule has 0 saturated carbocycles. The van der Waals surface area contributed by atoms with Crippen molar-refractivity contribution >= 4 is 29.2 Å². The first kappa shape index (κ1) is 14.4. The molecule has 94 valence electrons. The van der Waals surface area contributed by atoms with Crippen LogP contribution < -0.4 is 11.1 Å². The van der Waals surface area contributed by atoms with Gasteiger partial charge in [0.05, 0.1) is 0 Å². The summed E-state index contributed by atoms with van der Waals surface area (Å²) < 4.78 is 0.194. The van der Waals surface area contributed by atoms with Gasteiger partial charge in [-0.1, -0.05) is 42.5 Å². The van der Waals surface area contributed by atoms with E-state index in [0.29, 0.717) is 0 Å². The minimum atomic E-state index is 0.194. The Balaban J connectivity index is 0.000000317. The lowest BCUT2D eigenvalue weighted by molar-refractivity contribution is 0.233. The second-order valence-electron chi connectivity index (χ2n) is 3.85. The SMILES string of the molecule is NC(=S)S.c1ccc(CN2CCNCC2)cc1. The summed E-state index contributed by atoms with van der Waals surface area (Å²) in [5.41, 5.74) is 6.13. The summed E-state index contributed by atoms with van der Waals surface area (Å²) in [6, 6.07) is 10.7. The fourth-order valence-electron chi connectivity index (χ4n) is 1.71. The smallest absolute Gasteiger partial charge is 0.128 e. The van der Waals surface area contributed by atoms with E-state index in [4.69, 9.17) is 5.73 Å². The monoisotopic (exact) mass is 269 g/mol. The third-order valence-electron chi connectivity index (χ3n) is 2.46. The van der Waals surface area contributed by atoms with Crippen LogP contribution in [0.3, 0.4) is 0 Å². The standard InChI is InChI=1S/C11H16N2.CH3NS2/c1-2-4-11(5-3-1)10-13-8-6-12-7-9-13;2-1(3)4/h1-5,12H,6-10H2;(H3,2,3,4). The minimum Gasteiger partial charge on any atom is -0.385 e. The number of rotatable bonds is 2. The Kier molecular flexibility index (Phi) is 7.19. The summed E-state index contributed by atoms with van der Waals surface area (Å²) in [5.74, 6) is 0. The van der Waals surface area contributed by atoms with E-state index in [1.54, 1.807) is 0 Å². The van der Waals surface area contributed by atoms with Gasteiger partial charge in [0.1, 0.15) is 4.32 Å². The molecule has 1 aromatic carbocycles. The molecule has 5 heteroatoms. The third kappa shape index (κ3) is 7.33. The molecule has 3 N–H and O–H groups in total. The molecule has 3 nitrogen and oxygen atoms in total. The van der Waals surface area contributed by atoms with Crippen LogP contribution >= 0.6 is 24.8 Å². The van der Waals surface area contributed by atoms with Gasteiger partial charge in [-0.25, -0.2) is 0 Å². The molecule has 0 unspecified atom stereocenters. The van der Waals surface area contributed by atoms with Gasteiger partial charge >= 0.3 is 0 Å². The van der Waals surface area contributed by atoms with Gasteiger partial charge in [0.2, 0.25) is 0 Å². The molecule has 1 aromatic rings. The zero-order chi connectivity index (χ0) is 12.5. The first-order valence-electron chi connectivity index (χ1n) is 5.64. The van der Waals surface area contributed by atoms with E-state index in [-0.39, 0.29) is 4.32 Å². The molecule has 0 radical (unpaired) electrons. The first-order valence-corrected chi connectivity index (χ1v) is 6.49. The van der Waals surface area contributed by atoms with E-state index < -0.39 is 0 Å². The fourth-order valence-corrected chi connectivity index (χ4v) is 1.71. The Hall–Kier alpha value is -0.620. The van der Waals surface area contributed by atoms with Gasteiger partial charge in [-0.05, 0) is 5.56 Å². The molecule has 0 bridgehead atoms. The molecule has 1 heterocycles. The minimum absolute atomic E-state index is 0.194. The van der Waals surface area contributed by atoms with Crippen molar-refractivity contribution in [2.75, 3.05) is 26.2 Å². The van der Waals surface area contributed by atoms with Crippen molar-refractivity contribution in [3.63, 3.8) is 0 Å². The van der Waals surface area contributed by atoms with Crippen molar-refractivity contribution in [3.8, 4) is 0 Å². The molecule has 0 aromatic heterocycles. The maximum absolute atomic E-state index is 4.71. The van der Waals surface area contributed by atoms with Gasteiger partial charge in [-0.3, -0.25) is 4.90 Å². The quantitative estimate of drug-likeness (QED) is 0.558. The van der Waals surface area contributed by atoms with Gasteiger partial charge in [-0.2, -0.15) is 0 Å². The number of nitrogens with one attached hydrogen (secondary N) is 1. The second kappa shape index (κ2) is 8.47. The number of piperazine rings is 1. The number of nitrogens with zero attached hydrogens (tertiary/aromatic N) is 1. The Morgan fingerprint density at radius 1 is 1.29 bits per heavy atom. The van der Waals surface area contributed by atoms with Crippen molar-refractivity contribution < 1.29 is 0 Å². The topological polar surface area (TPSA) is 41.3 Å². The highest BCUT2D eigenvalue weighted by molar-refractivity contribution is 8.10. The number of hydrogen-bond donors (Lipinski definition) is 3. The first-order chi connectivity index (χ1) is 8.18. The number of hydrogen-bond acceptors (Lipinski definition) is 3. The predicted molar refractivity (Wildman–Crippen MR) is 80.4 cm³/mol. The Morgan fingerprint density at radius 2 is 1.82 bits per heavy atom. The fraction of sp³-hybridized carbons (Fsp3) is 0.417. The average Bonchev–Trinajstić information content (AvgIpc) is 2.31. The number of thiocarbonyl (C=S) groups is 1. The maximum Gasteiger partial charge on any atom is 0.128 e. The molecule has 0 amide bonds. The van der Waals surface area contributed by atoms with Crippen LogP contribution in [-0.2, 0) is 6.54 Å². The molecule has 1 fully saturated rings. The van der Waals surface area contributed by atoms with Crippen LogP contribution in [0.1, 0.15) is 5.56 Å². The number of benzene rings is 1. The van der Waals surface area contributed by atoms with Crippen LogP contribution in [0.15, 0.2) is 30.3 Å². The largest absolute Gasteiger partial charge is 0.385 e. The average molecular weight is 269 g/mol. The number of thiol groups is 1. The second-order valence-corrected chi connectivity index (χ2v) is 5.07. The molecular weight excluding hydrogens is 250 g/mol. The number of nitrogens with two attached hydrogens (primary N) is 1. The van der Waals surface area contributed by atoms with Crippen molar-refractivity contribution in [2.45, 2.75) is 6.54 Å². The molecule has 2 rings (SSSR count). The van der Waals surface area contributed by atoms with Crippen LogP contribution in [0.25, 0.3) is 0 Å². The van der Waals surface area contributed by atoms with Crippen LogP contribution in [0.5, 0.6) is 0 Å². The van der Waals surface area contributed by atoms with Crippen molar-refractivity contribution in [2.24, 2.45) is 5.73 Å². The third-order valence-corrected chi connectivity index (χ3v) is 2.46. The highest BCUT2D eigenvalue weighted by atomic mass is 32.1. The molecule has 1 aliphatic rings. The van der Waals surface area contributed by atoms with Gasteiger partial charge in [-0.15, -0.1) is 12.6 Å². The normalized spacial score (nSPS) is 15.8. The van der Waals surface area contributed by atoms with E-state index in [9.17, 15) is 0 Å². The molecule has 0 spiro atoms. The lowest BCUT2D eigenvalue weighted by atomic mass is 10.2. The molecular formula is C12H19N3S2. The lowest BCUT2D eigenvalue weighted by Crippen LogP contribution is -2.42. The molecule has 0 atom stereocenters. The molecule has 1 aliphatic heterocycles. The predicted octanol–water partition coefficient (Wildman–Crippen LogP) is 1.25. The van der Waals surface area contributed by atoms with Gasteiger partial charge in [0.15, 0.2) is 0 Å². The molecule has 17 heavy (non-hydrogen) atoms. The van der Waals surface area contributed by atoms with Crippen LogP contribution in [0, 0.1) is 0 Å². The zero-order valence-corrected chi connectivity index (χ0v) is 11.5. The van der Waals surface area contributed by atoms with Crippen molar-refractivity contribution in [3.05, 3.63) is 35.9 Å². The van der Waals surface area contributed by atoms with Gasteiger partial charge < -0.3 is 11.1 Å². The van der Waals surface area contributed by atoms with E-state index in [1.807, 2.05) is 0 Å². The summed E-state index contributed by atoms with van der Waals surface area (Å²) in [5, 5.41) is 3.36. The van der Waals surface area contributed by atoms with Crippen LogP contribution in [-0.4, -0.2) is 35.4 Å². The Morgan fingerprint density at radius 3 is 2.35 bits per heavy atom. The molecule has 1 saturated heterocycles. The van der Waals surface area contributed by atoms with Gasteiger partial charge in [0.25, 0.3) is 0 Å². The zero-order valence-electron chi connectivity index (χ0n) is 9.80. The molecule has 0 aliphatic carbocycles. The van der Waals surface area contributed by atoms with Crippen molar-refractivity contribution in [1.29, 1.82) is 0 Å². The highest BCUT2D eigenvalue weighted by Gasteiger charge is 2.08. The van der Waals surface area contributed by atoms with E-state index >= 15 is 0 Å². The summed E-state index contributed by atoms with van der Waals surface area (Å²) >= 11 is 7.65. The van der Waals surface area contributed by atoms with Crippen molar-refractivity contribution in [1.82, 2.24) is 10.2 Å². The van der Waals surface area contributed by atoms with E-state index in [1.165, 1.54) is 18.7 Å². The van der Waals surface area contributed by atoms with E-state index in [0.717, 1.165) is 19.6 Å². The Bertz CT molecular complexity index is 320. The lowest BCUT2D eigenvalue weighted by Gasteiger charge is -2.27. The van der Waals surface area contributed by atoms with Crippen LogP contribution in [0.4, 0.5) is 0 Å². The van der Waals surface area contributed by atoms with Crippen LogP contribution in [0.2, 0.25) is 0 Å². The Labute approximate surface area is 114 Å². The summed E-state index contributed by atoms with van der Waals surface area (Å²) in [6.07, 6.45) is 0. The summed E-state index contributed by atoms with van der Waals surface area (Å²) in [4.78, 5) is 2.49. The maximum atomic E-state index is 4.71. The summed E-state index contributed by atoms with van der Waals surface area (Å²) in [7, 11) is 0. The van der Waals surface area contributed by atoms with E-state index in [2.05, 4.69) is 65.4 Å². The summed E-state index contributed by atoms with van der Waals surface area (Å²) in [6.45, 7) is 5.71.